The first-order valence-corrected chi connectivity index (χ1v) is 8.12. The number of benzene rings is 2. The molecule has 0 aromatic heterocycles. The molecule has 0 heterocycles. The van der Waals surface area contributed by atoms with Crippen molar-refractivity contribution >= 4 is 23.5 Å². The van der Waals surface area contributed by atoms with E-state index in [4.69, 9.17) is 16.3 Å². The van der Waals surface area contributed by atoms with Crippen molar-refractivity contribution in [2.24, 2.45) is 0 Å². The van der Waals surface area contributed by atoms with Crippen LogP contribution < -0.4 is 4.74 Å². The maximum atomic E-state index is 13.5. The van der Waals surface area contributed by atoms with Crippen molar-refractivity contribution in [1.82, 2.24) is 0 Å². The van der Waals surface area contributed by atoms with Crippen LogP contribution in [0, 0.1) is 36.0 Å². The monoisotopic (exact) mass is 422 g/mol. The van der Waals surface area contributed by atoms with Crippen LogP contribution in [-0.4, -0.2) is 11.9 Å². The molecule has 2 rings (SSSR count). The second kappa shape index (κ2) is 9.01. The van der Waals surface area contributed by atoms with Gasteiger partial charge in [0.2, 0.25) is 5.82 Å². The summed E-state index contributed by atoms with van der Waals surface area (Å²) in [7, 11) is 0. The lowest BCUT2D eigenvalue weighted by molar-refractivity contribution is -0.148. The number of esters is 2. The molecule has 0 saturated carbocycles. The fraction of sp³-hybridized carbons (Fsp3) is 0.222. The normalized spacial score (nSPS) is 10.7. The topological polar surface area (TPSA) is 52.6 Å². The molecule has 0 saturated heterocycles. The Labute approximate surface area is 160 Å². The van der Waals surface area contributed by atoms with E-state index in [9.17, 15) is 31.5 Å². The first-order valence-electron chi connectivity index (χ1n) is 7.74. The van der Waals surface area contributed by atoms with Crippen molar-refractivity contribution in [3.8, 4) is 5.75 Å². The fourth-order valence-corrected chi connectivity index (χ4v) is 2.19. The minimum atomic E-state index is -2.31. The van der Waals surface area contributed by atoms with Crippen molar-refractivity contribution in [1.29, 1.82) is 0 Å². The summed E-state index contributed by atoms with van der Waals surface area (Å²) in [6.07, 6.45) is -0.960. The SMILES string of the molecule is Cc1cc(OC(=O)CCC(=O)OCc2c(F)c(F)c(F)c(F)c2F)ccc1Cl. The van der Waals surface area contributed by atoms with E-state index in [1.165, 1.54) is 18.2 Å². The largest absolute Gasteiger partial charge is 0.461 e. The van der Waals surface area contributed by atoms with Crippen LogP contribution in [0.2, 0.25) is 5.02 Å². The minimum absolute atomic E-state index is 0.196. The summed E-state index contributed by atoms with van der Waals surface area (Å²) in [5.74, 6) is -12.5. The van der Waals surface area contributed by atoms with Gasteiger partial charge in [-0.3, -0.25) is 9.59 Å². The van der Waals surface area contributed by atoms with Crippen molar-refractivity contribution in [3.63, 3.8) is 0 Å². The lowest BCUT2D eigenvalue weighted by Gasteiger charge is -2.09. The summed E-state index contributed by atoms with van der Waals surface area (Å²) in [6, 6.07) is 4.45. The number of hydrogen-bond acceptors (Lipinski definition) is 4. The van der Waals surface area contributed by atoms with E-state index in [0.29, 0.717) is 10.6 Å². The number of carbonyl (C=O) groups excluding carboxylic acids is 2. The van der Waals surface area contributed by atoms with E-state index in [-0.39, 0.29) is 5.75 Å². The molecule has 0 aliphatic heterocycles. The van der Waals surface area contributed by atoms with Crippen LogP contribution in [0.3, 0.4) is 0 Å². The number of rotatable bonds is 6. The zero-order valence-corrected chi connectivity index (χ0v) is 15.0. The fourth-order valence-electron chi connectivity index (χ4n) is 2.07. The van der Waals surface area contributed by atoms with E-state index in [2.05, 4.69) is 4.74 Å². The predicted molar refractivity (Wildman–Crippen MR) is 87.1 cm³/mol. The molecule has 0 N–H and O–H groups in total. The number of hydrogen-bond donors (Lipinski definition) is 0. The number of aryl methyl sites for hydroxylation is 1. The van der Waals surface area contributed by atoms with Gasteiger partial charge in [0.25, 0.3) is 0 Å². The number of halogens is 6. The van der Waals surface area contributed by atoms with Crippen molar-refractivity contribution in [2.45, 2.75) is 26.4 Å². The van der Waals surface area contributed by atoms with Crippen LogP contribution in [-0.2, 0) is 20.9 Å². The first-order chi connectivity index (χ1) is 13.1. The van der Waals surface area contributed by atoms with Crippen LogP contribution in [0.5, 0.6) is 5.75 Å². The third-order valence-corrected chi connectivity index (χ3v) is 4.00. The van der Waals surface area contributed by atoms with Crippen molar-refractivity contribution in [3.05, 3.63) is 63.4 Å². The maximum absolute atomic E-state index is 13.5. The third kappa shape index (κ3) is 4.98. The van der Waals surface area contributed by atoms with Gasteiger partial charge in [0.15, 0.2) is 23.3 Å². The predicted octanol–water partition coefficient (Wildman–Crippen LogP) is 4.77. The van der Waals surface area contributed by atoms with Crippen molar-refractivity contribution in [2.75, 3.05) is 0 Å². The summed E-state index contributed by atoms with van der Waals surface area (Å²) in [6.45, 7) is 0.506. The highest BCUT2D eigenvalue weighted by Gasteiger charge is 2.26. The Morgan fingerprint density at radius 3 is 2.00 bits per heavy atom. The lowest BCUT2D eigenvalue weighted by atomic mass is 10.2. The number of carbonyl (C=O) groups is 2. The van der Waals surface area contributed by atoms with E-state index < -0.39 is 66.0 Å². The first kappa shape index (κ1) is 21.6. The van der Waals surface area contributed by atoms with E-state index in [1.54, 1.807) is 6.92 Å². The Kier molecular flexibility index (Phi) is 6.95. The van der Waals surface area contributed by atoms with Crippen LogP contribution in [0.15, 0.2) is 18.2 Å². The van der Waals surface area contributed by atoms with Crippen LogP contribution in [0.25, 0.3) is 0 Å². The molecule has 0 aliphatic carbocycles. The molecule has 0 radical (unpaired) electrons. The van der Waals surface area contributed by atoms with Gasteiger partial charge in [0.05, 0.1) is 18.4 Å². The Morgan fingerprint density at radius 1 is 0.893 bits per heavy atom. The summed E-state index contributed by atoms with van der Waals surface area (Å²) < 4.78 is 75.5. The van der Waals surface area contributed by atoms with Gasteiger partial charge in [0, 0.05) is 5.02 Å². The zero-order valence-electron chi connectivity index (χ0n) is 14.3. The molecule has 0 unspecified atom stereocenters. The Hall–Kier alpha value is -2.68. The van der Waals surface area contributed by atoms with Gasteiger partial charge in [-0.05, 0) is 30.7 Å². The van der Waals surface area contributed by atoms with E-state index in [1.807, 2.05) is 0 Å². The van der Waals surface area contributed by atoms with Gasteiger partial charge in [-0.2, -0.15) is 0 Å². The Balaban J connectivity index is 1.89. The molecule has 0 amide bonds. The molecule has 28 heavy (non-hydrogen) atoms. The van der Waals surface area contributed by atoms with Gasteiger partial charge >= 0.3 is 11.9 Å². The summed E-state index contributed by atoms with van der Waals surface area (Å²) in [5, 5.41) is 0.469. The van der Waals surface area contributed by atoms with Crippen molar-refractivity contribution < 1.29 is 41.0 Å². The molecule has 2 aromatic carbocycles. The molecule has 0 spiro atoms. The third-order valence-electron chi connectivity index (χ3n) is 3.57. The molecule has 2 aromatic rings. The van der Waals surface area contributed by atoms with E-state index >= 15 is 0 Å². The molecule has 4 nitrogen and oxygen atoms in total. The quantitative estimate of drug-likeness (QED) is 0.221. The second-order valence-electron chi connectivity index (χ2n) is 5.59. The smallest absolute Gasteiger partial charge is 0.311 e. The molecule has 150 valence electrons. The molecule has 0 bridgehead atoms. The second-order valence-corrected chi connectivity index (χ2v) is 6.00. The molecule has 0 fully saturated rings. The summed E-state index contributed by atoms with van der Waals surface area (Å²) >= 11 is 5.83. The van der Waals surface area contributed by atoms with Gasteiger partial charge in [-0.1, -0.05) is 11.6 Å². The molecule has 0 atom stereocenters. The Bertz CT molecular complexity index is 904. The minimum Gasteiger partial charge on any atom is -0.461 e. The molecular formula is C18H12ClF5O4. The van der Waals surface area contributed by atoms with Gasteiger partial charge in [0.1, 0.15) is 12.4 Å². The lowest BCUT2D eigenvalue weighted by Crippen LogP contribution is -2.14. The summed E-state index contributed by atoms with van der Waals surface area (Å²) in [5.41, 5.74) is -0.627. The van der Waals surface area contributed by atoms with E-state index in [0.717, 1.165) is 0 Å². The summed E-state index contributed by atoms with van der Waals surface area (Å²) in [4.78, 5) is 23.3. The highest BCUT2D eigenvalue weighted by atomic mass is 35.5. The molecule has 0 aliphatic rings. The van der Waals surface area contributed by atoms with Gasteiger partial charge in [-0.15, -0.1) is 0 Å². The van der Waals surface area contributed by atoms with Crippen LogP contribution in [0.1, 0.15) is 24.0 Å². The Morgan fingerprint density at radius 2 is 1.43 bits per heavy atom. The molecule has 10 heteroatoms. The zero-order chi connectivity index (χ0) is 21.0. The molecular weight excluding hydrogens is 411 g/mol. The van der Waals surface area contributed by atoms with Gasteiger partial charge < -0.3 is 9.47 Å². The van der Waals surface area contributed by atoms with Gasteiger partial charge in [-0.25, -0.2) is 22.0 Å². The highest BCUT2D eigenvalue weighted by Crippen LogP contribution is 2.24. The average Bonchev–Trinajstić information content (AvgIpc) is 2.66. The van der Waals surface area contributed by atoms with Crippen LogP contribution >= 0.6 is 11.6 Å². The number of ether oxygens (including phenoxy) is 2. The highest BCUT2D eigenvalue weighted by molar-refractivity contribution is 6.31. The van der Waals surface area contributed by atoms with Crippen LogP contribution in [0.4, 0.5) is 22.0 Å². The standard InChI is InChI=1S/C18H12ClF5O4/c1-8-6-9(2-3-11(8)19)28-13(26)5-4-12(25)27-7-10-14(20)16(22)18(24)17(23)15(10)21/h2-3,6H,4-5,7H2,1H3. The average molecular weight is 423 g/mol. The maximum Gasteiger partial charge on any atom is 0.311 e.